The third kappa shape index (κ3) is 3.93. The molecule has 0 fully saturated rings. The molecule has 0 radical (unpaired) electrons. The molecule has 0 aromatic heterocycles. The largest absolute Gasteiger partial charge is 0.395 e. The molecule has 1 rings (SSSR count). The van der Waals surface area contributed by atoms with E-state index in [1.165, 1.54) is 19.2 Å². The average molecular weight is 280 g/mol. The normalized spacial score (nSPS) is 13.6. The molecule has 17 heavy (non-hydrogen) atoms. The van der Waals surface area contributed by atoms with E-state index in [2.05, 4.69) is 4.72 Å². The molecule has 0 amide bonds. The predicted octanol–water partition coefficient (Wildman–Crippen LogP) is 0.626. The lowest BCUT2D eigenvalue weighted by Crippen LogP contribution is -2.40. The summed E-state index contributed by atoms with van der Waals surface area (Å²) in [6.45, 7) is -0.266. The van der Waals surface area contributed by atoms with Crippen molar-refractivity contribution >= 4 is 21.6 Å². The van der Waals surface area contributed by atoms with Crippen LogP contribution < -0.4 is 4.72 Å². The topological polar surface area (TPSA) is 75.6 Å². The minimum absolute atomic E-state index is 0.0174. The fraction of sp³-hybridized carbons (Fsp3) is 0.400. The number of sulfonamides is 1. The van der Waals surface area contributed by atoms with Crippen molar-refractivity contribution < 1.29 is 18.3 Å². The minimum Gasteiger partial charge on any atom is -0.395 e. The van der Waals surface area contributed by atoms with Gasteiger partial charge in [0.05, 0.1) is 24.3 Å². The second-order valence-corrected chi connectivity index (χ2v) is 5.48. The van der Waals surface area contributed by atoms with Crippen LogP contribution in [0.25, 0.3) is 0 Å². The Morgan fingerprint density at radius 1 is 1.47 bits per heavy atom. The minimum atomic E-state index is -3.75. The monoisotopic (exact) mass is 279 g/mol. The zero-order chi connectivity index (χ0) is 12.9. The van der Waals surface area contributed by atoms with Gasteiger partial charge in [-0.1, -0.05) is 23.7 Å². The van der Waals surface area contributed by atoms with Crippen molar-refractivity contribution in [3.8, 4) is 0 Å². The summed E-state index contributed by atoms with van der Waals surface area (Å²) in [6, 6.07) is 5.40. The molecule has 5 nitrogen and oxygen atoms in total. The molecule has 1 atom stereocenters. The smallest absolute Gasteiger partial charge is 0.242 e. The molecule has 96 valence electrons. The summed E-state index contributed by atoms with van der Waals surface area (Å²) < 4.78 is 31.0. The number of rotatable bonds is 6. The Labute approximate surface area is 105 Å². The molecule has 0 bridgehead atoms. The molecule has 2 N–H and O–H groups in total. The highest BCUT2D eigenvalue weighted by molar-refractivity contribution is 7.89. The van der Waals surface area contributed by atoms with Gasteiger partial charge >= 0.3 is 0 Å². The van der Waals surface area contributed by atoms with Crippen LogP contribution in [0, 0.1) is 0 Å². The van der Waals surface area contributed by atoms with Crippen LogP contribution in [0.1, 0.15) is 0 Å². The van der Waals surface area contributed by atoms with Crippen molar-refractivity contribution in [2.24, 2.45) is 0 Å². The molecule has 0 spiro atoms. The Balaban J connectivity index is 2.92. The first-order valence-electron chi connectivity index (χ1n) is 4.88. The summed E-state index contributed by atoms with van der Waals surface area (Å²) in [5.41, 5.74) is 0. The number of aliphatic hydroxyl groups excluding tert-OH is 1. The number of ether oxygens (including phenoxy) is 1. The van der Waals surface area contributed by atoms with Crippen LogP contribution in [0.15, 0.2) is 29.2 Å². The van der Waals surface area contributed by atoms with Gasteiger partial charge in [0.25, 0.3) is 0 Å². The molecular weight excluding hydrogens is 266 g/mol. The van der Waals surface area contributed by atoms with E-state index in [9.17, 15) is 8.42 Å². The second-order valence-electron chi connectivity index (χ2n) is 3.39. The molecule has 7 heteroatoms. The Bertz CT molecular complexity index is 463. The van der Waals surface area contributed by atoms with Gasteiger partial charge in [0.15, 0.2) is 0 Å². The van der Waals surface area contributed by atoms with Gasteiger partial charge in [-0.3, -0.25) is 0 Å². The molecular formula is C10H14ClNO4S. The van der Waals surface area contributed by atoms with E-state index in [1.54, 1.807) is 12.1 Å². The first kappa shape index (κ1) is 14.4. The fourth-order valence-corrected chi connectivity index (χ4v) is 3.00. The summed E-state index contributed by atoms with van der Waals surface area (Å²) in [7, 11) is -2.32. The maximum absolute atomic E-state index is 11.9. The number of aliphatic hydroxyl groups is 1. The van der Waals surface area contributed by atoms with Crippen LogP contribution in [0.5, 0.6) is 0 Å². The summed E-state index contributed by atoms with van der Waals surface area (Å²) in [6.07, 6.45) is 0. The number of nitrogens with one attached hydrogen (secondary N) is 1. The van der Waals surface area contributed by atoms with E-state index in [-0.39, 0.29) is 23.1 Å². The van der Waals surface area contributed by atoms with Crippen molar-refractivity contribution in [1.29, 1.82) is 0 Å². The lowest BCUT2D eigenvalue weighted by atomic mass is 10.4. The summed E-state index contributed by atoms with van der Waals surface area (Å²) in [4.78, 5) is -0.0174. The van der Waals surface area contributed by atoms with E-state index in [0.717, 1.165) is 0 Å². The van der Waals surface area contributed by atoms with Crippen LogP contribution in [0.3, 0.4) is 0 Å². The molecule has 0 saturated carbocycles. The number of halogens is 1. The Kier molecular flexibility index (Phi) is 5.35. The molecule has 0 aliphatic carbocycles. The van der Waals surface area contributed by atoms with Gasteiger partial charge in [0.2, 0.25) is 10.0 Å². The van der Waals surface area contributed by atoms with E-state index >= 15 is 0 Å². The van der Waals surface area contributed by atoms with Gasteiger partial charge in [-0.15, -0.1) is 0 Å². The lowest BCUT2D eigenvalue weighted by Gasteiger charge is -2.15. The fourth-order valence-electron chi connectivity index (χ4n) is 1.27. The number of benzene rings is 1. The molecule has 1 unspecified atom stereocenters. The average Bonchev–Trinajstić information content (AvgIpc) is 2.28. The lowest BCUT2D eigenvalue weighted by molar-refractivity contribution is 0.139. The maximum atomic E-state index is 11.9. The van der Waals surface area contributed by atoms with Crippen LogP contribution >= 0.6 is 11.6 Å². The summed E-state index contributed by atoms with van der Waals surface area (Å²) in [5.74, 6) is 0. The number of hydrogen-bond donors (Lipinski definition) is 2. The molecule has 0 aliphatic rings. The van der Waals surface area contributed by atoms with E-state index in [4.69, 9.17) is 21.4 Å². The predicted molar refractivity (Wildman–Crippen MR) is 64.5 cm³/mol. The number of methoxy groups -OCH3 is 1. The third-order valence-corrected chi connectivity index (χ3v) is 4.06. The molecule has 1 aromatic carbocycles. The van der Waals surface area contributed by atoms with Gasteiger partial charge in [-0.25, -0.2) is 13.1 Å². The van der Waals surface area contributed by atoms with Gasteiger partial charge < -0.3 is 9.84 Å². The third-order valence-electron chi connectivity index (χ3n) is 2.04. The second kappa shape index (κ2) is 6.32. The van der Waals surface area contributed by atoms with Crippen molar-refractivity contribution in [2.45, 2.75) is 10.9 Å². The van der Waals surface area contributed by atoms with Crippen molar-refractivity contribution in [1.82, 2.24) is 4.72 Å². The van der Waals surface area contributed by atoms with Crippen molar-refractivity contribution in [3.63, 3.8) is 0 Å². The standard InChI is InChI=1S/C10H14ClNO4S/c1-16-7-8(6-13)12-17(14,15)10-5-3-2-4-9(10)11/h2-5,8,12-13H,6-7H2,1H3. The quantitative estimate of drug-likeness (QED) is 0.801. The first-order chi connectivity index (χ1) is 8.01. The highest BCUT2D eigenvalue weighted by Crippen LogP contribution is 2.20. The van der Waals surface area contributed by atoms with Crippen LogP contribution in [0.4, 0.5) is 0 Å². The summed E-state index contributed by atoms with van der Waals surface area (Å²) >= 11 is 5.80. The first-order valence-corrected chi connectivity index (χ1v) is 6.74. The Morgan fingerprint density at radius 2 is 2.12 bits per heavy atom. The highest BCUT2D eigenvalue weighted by atomic mass is 35.5. The molecule has 0 heterocycles. The van der Waals surface area contributed by atoms with Crippen LogP contribution in [-0.2, 0) is 14.8 Å². The van der Waals surface area contributed by atoms with E-state index < -0.39 is 16.1 Å². The van der Waals surface area contributed by atoms with Gasteiger partial charge in [-0.2, -0.15) is 0 Å². The molecule has 1 aromatic rings. The SMILES string of the molecule is COCC(CO)NS(=O)(=O)c1ccccc1Cl. The molecule has 0 saturated heterocycles. The van der Waals surface area contributed by atoms with Gasteiger partial charge in [0, 0.05) is 7.11 Å². The zero-order valence-electron chi connectivity index (χ0n) is 9.26. The van der Waals surface area contributed by atoms with Crippen molar-refractivity contribution in [3.05, 3.63) is 29.3 Å². The Morgan fingerprint density at radius 3 is 2.65 bits per heavy atom. The number of hydrogen-bond acceptors (Lipinski definition) is 4. The maximum Gasteiger partial charge on any atom is 0.242 e. The highest BCUT2D eigenvalue weighted by Gasteiger charge is 2.21. The Hall–Kier alpha value is -0.660. The van der Waals surface area contributed by atoms with Gasteiger partial charge in [0.1, 0.15) is 4.90 Å². The van der Waals surface area contributed by atoms with Gasteiger partial charge in [-0.05, 0) is 12.1 Å². The van der Waals surface area contributed by atoms with E-state index in [1.807, 2.05) is 0 Å². The van der Waals surface area contributed by atoms with Crippen LogP contribution in [-0.4, -0.2) is 39.9 Å². The van der Waals surface area contributed by atoms with Crippen LogP contribution in [0.2, 0.25) is 5.02 Å². The zero-order valence-corrected chi connectivity index (χ0v) is 10.8. The summed E-state index contributed by atoms with van der Waals surface area (Å²) in [5, 5.41) is 9.13. The van der Waals surface area contributed by atoms with Crippen molar-refractivity contribution in [2.75, 3.05) is 20.3 Å². The molecule has 0 aliphatic heterocycles. The van der Waals surface area contributed by atoms with E-state index in [0.29, 0.717) is 0 Å².